The van der Waals surface area contributed by atoms with E-state index in [4.69, 9.17) is 4.74 Å². The Bertz CT molecular complexity index is 1260. The van der Waals surface area contributed by atoms with E-state index in [1.807, 2.05) is 44.3 Å². The lowest BCUT2D eigenvalue weighted by molar-refractivity contribution is 0.0748. The van der Waals surface area contributed by atoms with Crippen LogP contribution in [0, 0.1) is 6.92 Å². The summed E-state index contributed by atoms with van der Waals surface area (Å²) in [5, 5.41) is 25.7. The van der Waals surface area contributed by atoms with E-state index in [0.717, 1.165) is 33.2 Å². The predicted molar refractivity (Wildman–Crippen MR) is 138 cm³/mol. The summed E-state index contributed by atoms with van der Waals surface area (Å²) in [7, 11) is 1.86. The molecular formula is C27H31N3O5S. The summed E-state index contributed by atoms with van der Waals surface area (Å²) in [6.45, 7) is 3.71. The van der Waals surface area contributed by atoms with Gasteiger partial charge in [-0.15, -0.1) is 11.3 Å². The summed E-state index contributed by atoms with van der Waals surface area (Å²) in [5.74, 6) is 0.0959. The molecular weight excluding hydrogens is 478 g/mol. The van der Waals surface area contributed by atoms with Crippen molar-refractivity contribution in [3.05, 3.63) is 85.6 Å². The molecule has 2 amide bonds. The number of aliphatic hydroxyl groups excluding tert-OH is 2. The van der Waals surface area contributed by atoms with Gasteiger partial charge >= 0.3 is 0 Å². The Morgan fingerprint density at radius 3 is 2.44 bits per heavy atom. The van der Waals surface area contributed by atoms with Gasteiger partial charge in [0, 0.05) is 40.5 Å². The van der Waals surface area contributed by atoms with Crippen LogP contribution in [-0.2, 0) is 32.8 Å². The molecule has 0 saturated heterocycles. The number of aliphatic hydroxyl groups is 2. The molecule has 0 fully saturated rings. The number of amides is 2. The topological polar surface area (TPSA) is 111 Å². The van der Waals surface area contributed by atoms with Crippen LogP contribution in [0.15, 0.2) is 42.5 Å². The highest BCUT2D eigenvalue weighted by Crippen LogP contribution is 2.29. The van der Waals surface area contributed by atoms with Crippen LogP contribution in [0.25, 0.3) is 0 Å². The molecule has 190 valence electrons. The minimum absolute atomic E-state index is 0.225. The van der Waals surface area contributed by atoms with Crippen molar-refractivity contribution in [3.63, 3.8) is 0 Å². The van der Waals surface area contributed by atoms with Crippen molar-refractivity contribution in [1.29, 1.82) is 0 Å². The van der Waals surface area contributed by atoms with Crippen LogP contribution in [0.4, 0.5) is 0 Å². The van der Waals surface area contributed by atoms with Crippen molar-refractivity contribution in [2.45, 2.75) is 39.8 Å². The lowest BCUT2D eigenvalue weighted by Crippen LogP contribution is -2.28. The molecule has 0 saturated carbocycles. The van der Waals surface area contributed by atoms with E-state index in [1.54, 1.807) is 16.2 Å². The van der Waals surface area contributed by atoms with Crippen molar-refractivity contribution in [2.75, 3.05) is 20.2 Å². The van der Waals surface area contributed by atoms with Gasteiger partial charge in [0.25, 0.3) is 11.8 Å². The first-order valence-corrected chi connectivity index (χ1v) is 12.6. The molecule has 2 heterocycles. The predicted octanol–water partition coefficient (Wildman–Crippen LogP) is 2.73. The largest absolute Gasteiger partial charge is 0.492 e. The van der Waals surface area contributed by atoms with E-state index in [-0.39, 0.29) is 36.2 Å². The normalized spacial score (nSPS) is 12.5. The van der Waals surface area contributed by atoms with Crippen LogP contribution in [-0.4, -0.2) is 47.1 Å². The number of rotatable bonds is 10. The third-order valence-electron chi connectivity index (χ3n) is 6.17. The highest BCUT2D eigenvalue weighted by molar-refractivity contribution is 7.11. The number of nitrogens with zero attached hydrogens (tertiary/aromatic N) is 1. The zero-order valence-electron chi connectivity index (χ0n) is 20.5. The van der Waals surface area contributed by atoms with Crippen LogP contribution < -0.4 is 15.4 Å². The molecule has 0 spiro atoms. The third kappa shape index (κ3) is 5.76. The number of hydrogen-bond acceptors (Lipinski definition) is 7. The van der Waals surface area contributed by atoms with E-state index in [9.17, 15) is 19.8 Å². The fraction of sp³-hybridized carbons (Fsp3) is 0.333. The van der Waals surface area contributed by atoms with Crippen LogP contribution in [0.5, 0.6) is 5.75 Å². The fourth-order valence-electron chi connectivity index (χ4n) is 4.26. The van der Waals surface area contributed by atoms with Gasteiger partial charge in [-0.1, -0.05) is 6.07 Å². The molecule has 9 heteroatoms. The summed E-state index contributed by atoms with van der Waals surface area (Å²) < 4.78 is 5.75. The Hall–Kier alpha value is -3.24. The van der Waals surface area contributed by atoms with Crippen molar-refractivity contribution < 1.29 is 24.5 Å². The lowest BCUT2D eigenvalue weighted by Gasteiger charge is -2.19. The third-order valence-corrected chi connectivity index (χ3v) is 7.17. The maximum atomic E-state index is 13.5. The minimum Gasteiger partial charge on any atom is -0.492 e. The van der Waals surface area contributed by atoms with E-state index in [0.29, 0.717) is 37.4 Å². The van der Waals surface area contributed by atoms with E-state index >= 15 is 0 Å². The second-order valence-corrected chi connectivity index (χ2v) is 10.1. The molecule has 4 N–H and O–H groups in total. The molecule has 8 nitrogen and oxygen atoms in total. The molecule has 1 aliphatic rings. The average molecular weight is 510 g/mol. The summed E-state index contributed by atoms with van der Waals surface area (Å²) in [4.78, 5) is 30.4. The molecule has 4 rings (SSSR count). The van der Waals surface area contributed by atoms with E-state index < -0.39 is 0 Å². The smallest absolute Gasteiger partial charge is 0.254 e. The van der Waals surface area contributed by atoms with Crippen molar-refractivity contribution >= 4 is 23.2 Å². The molecule has 1 aromatic heterocycles. The second-order valence-electron chi connectivity index (χ2n) is 8.72. The number of aryl methyl sites for hydroxylation is 1. The summed E-state index contributed by atoms with van der Waals surface area (Å²) in [6.07, 6.45) is 0. The number of fused-ring (bicyclic) bond motifs is 1. The number of carbonyl (C=O) groups is 2. The number of nitrogens with one attached hydrogen (secondary N) is 2. The molecule has 0 atom stereocenters. The molecule has 36 heavy (non-hydrogen) atoms. The van der Waals surface area contributed by atoms with E-state index in [1.165, 1.54) is 12.1 Å². The first-order valence-electron chi connectivity index (χ1n) is 11.8. The SMILES string of the molecule is CNCCOc1ccc2c(c1)CN(C(=O)c1cc(C(=O)NCc3ccc(C)s3)c(CO)cc1CO)C2. The minimum atomic E-state index is -0.381. The Morgan fingerprint density at radius 1 is 1.00 bits per heavy atom. The van der Waals surface area contributed by atoms with Crippen LogP contribution in [0.3, 0.4) is 0 Å². The number of benzene rings is 2. The number of ether oxygens (including phenoxy) is 1. The summed E-state index contributed by atoms with van der Waals surface area (Å²) in [5.41, 5.74) is 3.26. The van der Waals surface area contributed by atoms with Gasteiger partial charge in [0.15, 0.2) is 0 Å². The van der Waals surface area contributed by atoms with Gasteiger partial charge in [-0.05, 0) is 72.6 Å². The number of likely N-dealkylation sites (N-methyl/N-ethyl adjacent to an activating group) is 1. The number of carbonyl (C=O) groups excluding carboxylic acids is 2. The highest BCUT2D eigenvalue weighted by atomic mass is 32.1. The lowest BCUT2D eigenvalue weighted by atomic mass is 9.97. The van der Waals surface area contributed by atoms with Gasteiger partial charge in [0.2, 0.25) is 0 Å². The van der Waals surface area contributed by atoms with Crippen molar-refractivity contribution in [3.8, 4) is 5.75 Å². The maximum absolute atomic E-state index is 13.5. The first kappa shape index (κ1) is 25.8. The molecule has 0 bridgehead atoms. The van der Waals surface area contributed by atoms with Crippen LogP contribution in [0.2, 0.25) is 0 Å². The molecule has 0 aliphatic carbocycles. The van der Waals surface area contributed by atoms with Crippen molar-refractivity contribution in [1.82, 2.24) is 15.5 Å². The summed E-state index contributed by atoms with van der Waals surface area (Å²) >= 11 is 1.60. The molecule has 0 unspecified atom stereocenters. The Balaban J connectivity index is 1.53. The first-order chi connectivity index (χ1) is 17.4. The van der Waals surface area contributed by atoms with E-state index in [2.05, 4.69) is 10.6 Å². The number of thiophene rings is 1. The average Bonchev–Trinajstić information content (AvgIpc) is 3.51. The quantitative estimate of drug-likeness (QED) is 0.313. The van der Waals surface area contributed by atoms with Crippen LogP contribution in [0.1, 0.15) is 52.7 Å². The van der Waals surface area contributed by atoms with Crippen molar-refractivity contribution in [2.24, 2.45) is 0 Å². The Morgan fingerprint density at radius 2 is 1.75 bits per heavy atom. The fourth-order valence-corrected chi connectivity index (χ4v) is 5.09. The van der Waals surface area contributed by atoms with Gasteiger partial charge < -0.3 is 30.5 Å². The second kappa shape index (κ2) is 11.7. The maximum Gasteiger partial charge on any atom is 0.254 e. The monoisotopic (exact) mass is 509 g/mol. The van der Waals surface area contributed by atoms with Gasteiger partial charge in [0.1, 0.15) is 12.4 Å². The van der Waals surface area contributed by atoms with Crippen LogP contribution >= 0.6 is 11.3 Å². The zero-order chi connectivity index (χ0) is 25.7. The van der Waals surface area contributed by atoms with Gasteiger partial charge in [0.05, 0.1) is 19.8 Å². The van der Waals surface area contributed by atoms with Gasteiger partial charge in [-0.3, -0.25) is 9.59 Å². The molecule has 0 radical (unpaired) electrons. The van der Waals surface area contributed by atoms with Gasteiger partial charge in [-0.25, -0.2) is 0 Å². The standard InChI is InChI=1S/C27H31N3O5S/c1-17-3-6-23(36-17)12-29-26(33)24-11-25(21(16-32)9-20(24)15-31)27(34)30-13-18-4-5-22(10-19(18)14-30)35-8-7-28-2/h3-6,9-11,28,31-32H,7-8,12-16H2,1-2H3,(H,29,33). The zero-order valence-corrected chi connectivity index (χ0v) is 21.3. The molecule has 3 aromatic rings. The highest BCUT2D eigenvalue weighted by Gasteiger charge is 2.28. The van der Waals surface area contributed by atoms with Gasteiger partial charge in [-0.2, -0.15) is 0 Å². The summed E-state index contributed by atoms with van der Waals surface area (Å²) in [6, 6.07) is 12.8. The molecule has 1 aliphatic heterocycles. The Labute approximate surface area is 214 Å². The molecule has 2 aromatic carbocycles. The number of hydrogen-bond donors (Lipinski definition) is 4. The Kier molecular flexibility index (Phi) is 8.37.